The molecule has 4 aromatic carbocycles. The molecule has 0 atom stereocenters. The SMILES string of the molecule is Cc1ccc(COCCOCCOc2cc3ccccc3cc2OCCOCCOCc2ccc(C)cc2)cc1. The summed E-state index contributed by atoms with van der Waals surface area (Å²) < 4.78 is 34.9. The highest BCUT2D eigenvalue weighted by atomic mass is 16.6. The summed E-state index contributed by atoms with van der Waals surface area (Å²) in [6.45, 7) is 9.20. The zero-order valence-corrected chi connectivity index (χ0v) is 23.6. The molecule has 6 heteroatoms. The molecule has 0 heterocycles. The summed E-state index contributed by atoms with van der Waals surface area (Å²) in [7, 11) is 0. The molecular weight excluding hydrogens is 504 g/mol. The van der Waals surface area contributed by atoms with Gasteiger partial charge in [0, 0.05) is 0 Å². The fraction of sp³-hybridized carbons (Fsp3) is 0.353. The first-order chi connectivity index (χ1) is 19.7. The van der Waals surface area contributed by atoms with E-state index >= 15 is 0 Å². The smallest absolute Gasteiger partial charge is 0.161 e. The van der Waals surface area contributed by atoms with Crippen molar-refractivity contribution in [1.29, 1.82) is 0 Å². The minimum Gasteiger partial charge on any atom is -0.487 e. The van der Waals surface area contributed by atoms with Gasteiger partial charge >= 0.3 is 0 Å². The van der Waals surface area contributed by atoms with Crippen LogP contribution in [0.15, 0.2) is 84.9 Å². The minimum atomic E-state index is 0.418. The molecule has 4 aromatic rings. The molecule has 6 nitrogen and oxygen atoms in total. The van der Waals surface area contributed by atoms with E-state index in [1.807, 2.05) is 24.3 Å². The van der Waals surface area contributed by atoms with Gasteiger partial charge in [0.2, 0.25) is 0 Å². The fourth-order valence-corrected chi connectivity index (χ4v) is 4.03. The molecule has 0 aliphatic carbocycles. The first-order valence-electron chi connectivity index (χ1n) is 13.9. The first-order valence-corrected chi connectivity index (χ1v) is 13.9. The molecule has 0 amide bonds. The van der Waals surface area contributed by atoms with Crippen LogP contribution in [0.25, 0.3) is 10.8 Å². The van der Waals surface area contributed by atoms with E-state index in [0.29, 0.717) is 77.6 Å². The molecular formula is C34H40O6. The number of benzene rings is 4. The molecule has 0 saturated carbocycles. The van der Waals surface area contributed by atoms with Crippen LogP contribution in [0, 0.1) is 13.8 Å². The average Bonchev–Trinajstić information content (AvgIpc) is 2.97. The van der Waals surface area contributed by atoms with Gasteiger partial charge in [-0.1, -0.05) is 83.9 Å². The monoisotopic (exact) mass is 544 g/mol. The standard InChI is InChI=1S/C34H40O6/c1-27-7-11-29(12-8-27)25-37-17-15-35-19-21-39-33-23-31-5-3-4-6-32(31)24-34(33)40-22-20-36-16-18-38-26-30-13-9-28(2)10-14-30/h3-14,23-24H,15-22,25-26H2,1-2H3. The van der Waals surface area contributed by atoms with Crippen LogP contribution in [0.4, 0.5) is 0 Å². The molecule has 0 bridgehead atoms. The molecule has 0 unspecified atom stereocenters. The lowest BCUT2D eigenvalue weighted by Gasteiger charge is -2.15. The van der Waals surface area contributed by atoms with Gasteiger partial charge in [0.25, 0.3) is 0 Å². The third-order valence-corrected chi connectivity index (χ3v) is 6.31. The van der Waals surface area contributed by atoms with Crippen LogP contribution in [-0.4, -0.2) is 52.9 Å². The molecule has 40 heavy (non-hydrogen) atoms. The lowest BCUT2D eigenvalue weighted by atomic mass is 10.1. The average molecular weight is 545 g/mol. The highest BCUT2D eigenvalue weighted by Crippen LogP contribution is 2.32. The number of rotatable bonds is 18. The van der Waals surface area contributed by atoms with Gasteiger partial charge in [-0.15, -0.1) is 0 Å². The predicted molar refractivity (Wildman–Crippen MR) is 158 cm³/mol. The summed E-state index contributed by atoms with van der Waals surface area (Å²) in [5, 5.41) is 2.19. The van der Waals surface area contributed by atoms with Crippen molar-refractivity contribution in [1.82, 2.24) is 0 Å². The number of hydrogen-bond donors (Lipinski definition) is 0. The topological polar surface area (TPSA) is 55.4 Å². The van der Waals surface area contributed by atoms with Crippen molar-refractivity contribution in [2.75, 3.05) is 52.9 Å². The van der Waals surface area contributed by atoms with Crippen LogP contribution in [0.1, 0.15) is 22.3 Å². The van der Waals surface area contributed by atoms with Gasteiger partial charge in [0.05, 0.1) is 52.9 Å². The lowest BCUT2D eigenvalue weighted by Crippen LogP contribution is -2.13. The molecule has 0 aliphatic heterocycles. The van der Waals surface area contributed by atoms with Crippen molar-refractivity contribution in [2.24, 2.45) is 0 Å². The maximum atomic E-state index is 6.04. The summed E-state index contributed by atoms with van der Waals surface area (Å²) in [6, 6.07) is 28.9. The summed E-state index contributed by atoms with van der Waals surface area (Å²) in [4.78, 5) is 0. The second-order valence-corrected chi connectivity index (χ2v) is 9.64. The van der Waals surface area contributed by atoms with Gasteiger partial charge in [-0.25, -0.2) is 0 Å². The minimum absolute atomic E-state index is 0.418. The summed E-state index contributed by atoms with van der Waals surface area (Å²) >= 11 is 0. The molecule has 0 aromatic heterocycles. The quantitative estimate of drug-likeness (QED) is 0.130. The molecule has 0 aliphatic rings. The lowest BCUT2D eigenvalue weighted by molar-refractivity contribution is 0.0275. The van der Waals surface area contributed by atoms with E-state index in [4.69, 9.17) is 28.4 Å². The molecule has 212 valence electrons. The first kappa shape index (κ1) is 29.6. The molecule has 0 fully saturated rings. The largest absolute Gasteiger partial charge is 0.487 e. The zero-order chi connectivity index (χ0) is 27.8. The van der Waals surface area contributed by atoms with Gasteiger partial charge in [-0.05, 0) is 47.9 Å². The Morgan fingerprint density at radius 1 is 0.425 bits per heavy atom. The van der Waals surface area contributed by atoms with E-state index in [1.54, 1.807) is 0 Å². The second-order valence-electron chi connectivity index (χ2n) is 9.64. The Morgan fingerprint density at radius 2 is 0.800 bits per heavy atom. The van der Waals surface area contributed by atoms with E-state index in [9.17, 15) is 0 Å². The van der Waals surface area contributed by atoms with Crippen LogP contribution in [0.5, 0.6) is 11.5 Å². The van der Waals surface area contributed by atoms with Crippen LogP contribution in [0.2, 0.25) is 0 Å². The third-order valence-electron chi connectivity index (χ3n) is 6.31. The van der Waals surface area contributed by atoms with Crippen LogP contribution in [0.3, 0.4) is 0 Å². The van der Waals surface area contributed by atoms with E-state index < -0.39 is 0 Å². The Balaban J connectivity index is 1.12. The van der Waals surface area contributed by atoms with Crippen molar-refractivity contribution in [2.45, 2.75) is 27.1 Å². The van der Waals surface area contributed by atoms with Crippen molar-refractivity contribution in [3.8, 4) is 11.5 Å². The van der Waals surface area contributed by atoms with E-state index in [-0.39, 0.29) is 0 Å². The van der Waals surface area contributed by atoms with Crippen LogP contribution in [-0.2, 0) is 32.2 Å². The maximum absolute atomic E-state index is 6.04. The number of fused-ring (bicyclic) bond motifs is 1. The fourth-order valence-electron chi connectivity index (χ4n) is 4.03. The molecule has 4 rings (SSSR count). The Labute approximate surface area is 237 Å². The van der Waals surface area contributed by atoms with Crippen LogP contribution < -0.4 is 9.47 Å². The second kappa shape index (κ2) is 16.6. The van der Waals surface area contributed by atoms with Crippen molar-refractivity contribution in [3.05, 3.63) is 107 Å². The van der Waals surface area contributed by atoms with Gasteiger partial charge in [-0.2, -0.15) is 0 Å². The van der Waals surface area contributed by atoms with Gasteiger partial charge in [0.15, 0.2) is 11.5 Å². The summed E-state index contributed by atoms with van der Waals surface area (Å²) in [5.74, 6) is 1.39. The normalized spacial score (nSPS) is 11.2. The van der Waals surface area contributed by atoms with E-state index in [2.05, 4.69) is 74.5 Å². The summed E-state index contributed by atoms with van der Waals surface area (Å²) in [5.41, 5.74) is 4.82. The van der Waals surface area contributed by atoms with Crippen molar-refractivity contribution in [3.63, 3.8) is 0 Å². The number of aryl methyl sites for hydroxylation is 2. The number of hydrogen-bond acceptors (Lipinski definition) is 6. The zero-order valence-electron chi connectivity index (χ0n) is 23.6. The Hall–Kier alpha value is -3.42. The molecule has 0 saturated heterocycles. The maximum Gasteiger partial charge on any atom is 0.161 e. The highest BCUT2D eigenvalue weighted by Gasteiger charge is 2.08. The third kappa shape index (κ3) is 10.3. The van der Waals surface area contributed by atoms with E-state index in [0.717, 1.165) is 21.9 Å². The number of ether oxygens (including phenoxy) is 6. The van der Waals surface area contributed by atoms with Crippen molar-refractivity contribution >= 4 is 10.8 Å². The Kier molecular flexibility index (Phi) is 12.3. The Bertz CT molecular complexity index is 1170. The Morgan fingerprint density at radius 3 is 1.23 bits per heavy atom. The van der Waals surface area contributed by atoms with Gasteiger partial charge in [-0.3, -0.25) is 0 Å². The van der Waals surface area contributed by atoms with Gasteiger partial charge < -0.3 is 28.4 Å². The van der Waals surface area contributed by atoms with Crippen molar-refractivity contribution < 1.29 is 28.4 Å². The molecule has 0 N–H and O–H groups in total. The predicted octanol–water partition coefficient (Wildman–Crippen LogP) is 6.68. The van der Waals surface area contributed by atoms with E-state index in [1.165, 1.54) is 11.1 Å². The molecule has 0 spiro atoms. The molecule has 0 radical (unpaired) electrons. The highest BCUT2D eigenvalue weighted by molar-refractivity contribution is 5.86. The summed E-state index contributed by atoms with van der Waals surface area (Å²) in [6.07, 6.45) is 0. The van der Waals surface area contributed by atoms with Crippen LogP contribution >= 0.6 is 0 Å². The van der Waals surface area contributed by atoms with Gasteiger partial charge in [0.1, 0.15) is 13.2 Å².